The summed E-state index contributed by atoms with van der Waals surface area (Å²) in [5.41, 5.74) is 3.53. The van der Waals surface area contributed by atoms with Gasteiger partial charge in [-0.1, -0.05) is 26.0 Å². The maximum Gasteiger partial charge on any atom is 0.228 e. The third-order valence-corrected chi connectivity index (χ3v) is 3.72. The molecule has 1 aliphatic heterocycles. The van der Waals surface area contributed by atoms with E-state index < -0.39 is 0 Å². The van der Waals surface area contributed by atoms with E-state index >= 15 is 0 Å². The molecule has 0 aromatic heterocycles. The molecule has 0 bridgehead atoms. The molecular formula is C15H22N2O. The first-order valence-corrected chi connectivity index (χ1v) is 6.61. The number of likely N-dealkylation sites (N-methyl/N-ethyl adjacent to an activating group) is 1. The van der Waals surface area contributed by atoms with Gasteiger partial charge in [0.2, 0.25) is 5.91 Å². The molecule has 2 rings (SSSR count). The number of carbonyl (C=O) groups is 1. The first-order valence-electron chi connectivity index (χ1n) is 6.61. The molecule has 1 aromatic carbocycles. The molecule has 1 aliphatic rings. The SMILES string of the molecule is CNC1CC(=O)N(c2cc(C(C)C)ccc2C)C1. The second-order valence-electron chi connectivity index (χ2n) is 5.39. The molecule has 0 aliphatic carbocycles. The second-order valence-corrected chi connectivity index (χ2v) is 5.39. The van der Waals surface area contributed by atoms with Crippen LogP contribution in [0.2, 0.25) is 0 Å². The van der Waals surface area contributed by atoms with Crippen molar-refractivity contribution >= 4 is 11.6 Å². The molecule has 0 radical (unpaired) electrons. The van der Waals surface area contributed by atoms with Crippen LogP contribution in [0.3, 0.4) is 0 Å². The number of hydrogen-bond donors (Lipinski definition) is 1. The molecule has 1 N–H and O–H groups in total. The van der Waals surface area contributed by atoms with Gasteiger partial charge in [0.05, 0.1) is 0 Å². The normalized spacial score (nSPS) is 19.9. The van der Waals surface area contributed by atoms with Crippen LogP contribution in [0.15, 0.2) is 18.2 Å². The maximum absolute atomic E-state index is 12.1. The number of aryl methyl sites for hydroxylation is 1. The molecule has 0 spiro atoms. The third-order valence-electron chi connectivity index (χ3n) is 3.72. The number of amides is 1. The van der Waals surface area contributed by atoms with Crippen molar-refractivity contribution in [3.63, 3.8) is 0 Å². The minimum absolute atomic E-state index is 0.221. The van der Waals surface area contributed by atoms with Gasteiger partial charge in [0.15, 0.2) is 0 Å². The molecule has 3 nitrogen and oxygen atoms in total. The van der Waals surface area contributed by atoms with Gasteiger partial charge in [0, 0.05) is 24.7 Å². The zero-order valence-corrected chi connectivity index (χ0v) is 11.7. The van der Waals surface area contributed by atoms with E-state index in [2.05, 4.69) is 44.3 Å². The highest BCUT2D eigenvalue weighted by atomic mass is 16.2. The molecule has 1 fully saturated rings. The fourth-order valence-corrected chi connectivity index (χ4v) is 2.41. The minimum Gasteiger partial charge on any atom is -0.315 e. The molecule has 3 heteroatoms. The average molecular weight is 246 g/mol. The highest BCUT2D eigenvalue weighted by Gasteiger charge is 2.30. The van der Waals surface area contributed by atoms with Crippen LogP contribution in [0.5, 0.6) is 0 Å². The van der Waals surface area contributed by atoms with Gasteiger partial charge >= 0.3 is 0 Å². The van der Waals surface area contributed by atoms with Crippen molar-refractivity contribution in [2.24, 2.45) is 0 Å². The van der Waals surface area contributed by atoms with Crippen LogP contribution in [-0.2, 0) is 4.79 Å². The summed E-state index contributed by atoms with van der Waals surface area (Å²) in [5, 5.41) is 3.19. The molecule has 1 unspecified atom stereocenters. The molecule has 1 saturated heterocycles. The van der Waals surface area contributed by atoms with E-state index in [1.165, 1.54) is 11.1 Å². The Kier molecular flexibility index (Phi) is 3.71. The lowest BCUT2D eigenvalue weighted by Gasteiger charge is -2.21. The Morgan fingerprint density at radius 2 is 2.11 bits per heavy atom. The van der Waals surface area contributed by atoms with E-state index in [0.717, 1.165) is 12.2 Å². The Balaban J connectivity index is 2.33. The van der Waals surface area contributed by atoms with E-state index in [4.69, 9.17) is 0 Å². The van der Waals surface area contributed by atoms with Crippen LogP contribution in [0, 0.1) is 6.92 Å². The summed E-state index contributed by atoms with van der Waals surface area (Å²) in [6.45, 7) is 7.20. The van der Waals surface area contributed by atoms with Crippen molar-refractivity contribution in [1.82, 2.24) is 5.32 Å². The van der Waals surface area contributed by atoms with Crippen molar-refractivity contribution in [3.8, 4) is 0 Å². The molecule has 1 amide bonds. The first-order chi connectivity index (χ1) is 8.52. The number of nitrogens with zero attached hydrogens (tertiary/aromatic N) is 1. The Bertz CT molecular complexity index is 454. The summed E-state index contributed by atoms with van der Waals surface area (Å²) in [4.78, 5) is 14.0. The van der Waals surface area contributed by atoms with E-state index in [9.17, 15) is 4.79 Å². The summed E-state index contributed by atoms with van der Waals surface area (Å²) in [6.07, 6.45) is 0.599. The minimum atomic E-state index is 0.221. The van der Waals surface area contributed by atoms with Crippen molar-refractivity contribution in [3.05, 3.63) is 29.3 Å². The summed E-state index contributed by atoms with van der Waals surface area (Å²) in [7, 11) is 1.92. The summed E-state index contributed by atoms with van der Waals surface area (Å²) in [5.74, 6) is 0.709. The predicted octanol–water partition coefficient (Wildman–Crippen LogP) is 2.44. The van der Waals surface area contributed by atoms with Crippen LogP contribution < -0.4 is 10.2 Å². The quantitative estimate of drug-likeness (QED) is 0.888. The van der Waals surface area contributed by atoms with Gasteiger partial charge in [0.1, 0.15) is 0 Å². The average Bonchev–Trinajstić information content (AvgIpc) is 2.71. The fraction of sp³-hybridized carbons (Fsp3) is 0.533. The van der Waals surface area contributed by atoms with Gasteiger partial charge in [-0.2, -0.15) is 0 Å². The Morgan fingerprint density at radius 3 is 2.67 bits per heavy atom. The van der Waals surface area contributed by atoms with Crippen LogP contribution in [0.1, 0.15) is 37.3 Å². The number of nitrogens with one attached hydrogen (secondary N) is 1. The molecule has 1 atom stereocenters. The Morgan fingerprint density at radius 1 is 1.39 bits per heavy atom. The molecular weight excluding hydrogens is 224 g/mol. The van der Waals surface area contributed by atoms with Gasteiger partial charge in [-0.05, 0) is 37.1 Å². The number of anilines is 1. The fourth-order valence-electron chi connectivity index (χ4n) is 2.41. The largest absolute Gasteiger partial charge is 0.315 e. The zero-order chi connectivity index (χ0) is 13.3. The molecule has 1 aromatic rings. The van der Waals surface area contributed by atoms with E-state index in [1.807, 2.05) is 11.9 Å². The van der Waals surface area contributed by atoms with Crippen molar-refractivity contribution in [2.75, 3.05) is 18.5 Å². The van der Waals surface area contributed by atoms with Crippen molar-refractivity contribution in [1.29, 1.82) is 0 Å². The van der Waals surface area contributed by atoms with Crippen molar-refractivity contribution < 1.29 is 4.79 Å². The van der Waals surface area contributed by atoms with Crippen LogP contribution >= 0.6 is 0 Å². The third kappa shape index (κ3) is 2.41. The number of hydrogen-bond acceptors (Lipinski definition) is 2. The van der Waals surface area contributed by atoms with E-state index in [1.54, 1.807) is 0 Å². The van der Waals surface area contributed by atoms with Gasteiger partial charge in [-0.3, -0.25) is 4.79 Å². The van der Waals surface area contributed by atoms with Gasteiger partial charge in [-0.25, -0.2) is 0 Å². The maximum atomic E-state index is 12.1. The van der Waals surface area contributed by atoms with Gasteiger partial charge in [-0.15, -0.1) is 0 Å². The zero-order valence-electron chi connectivity index (χ0n) is 11.7. The van der Waals surface area contributed by atoms with Crippen LogP contribution in [0.4, 0.5) is 5.69 Å². The molecule has 98 valence electrons. The standard InChI is InChI=1S/C15H22N2O/c1-10(2)12-6-5-11(3)14(7-12)17-9-13(16-4)8-15(17)18/h5-7,10,13,16H,8-9H2,1-4H3. The number of rotatable bonds is 3. The van der Waals surface area contributed by atoms with Crippen LogP contribution in [0.25, 0.3) is 0 Å². The number of benzene rings is 1. The predicted molar refractivity (Wildman–Crippen MR) is 75.1 cm³/mol. The van der Waals surface area contributed by atoms with Crippen molar-refractivity contribution in [2.45, 2.75) is 39.2 Å². The number of carbonyl (C=O) groups excluding carboxylic acids is 1. The smallest absolute Gasteiger partial charge is 0.228 e. The highest BCUT2D eigenvalue weighted by Crippen LogP contribution is 2.28. The summed E-state index contributed by atoms with van der Waals surface area (Å²) >= 11 is 0. The molecule has 18 heavy (non-hydrogen) atoms. The monoisotopic (exact) mass is 246 g/mol. The Hall–Kier alpha value is -1.35. The Labute approximate surface area is 109 Å². The van der Waals surface area contributed by atoms with Crippen LogP contribution in [-0.4, -0.2) is 25.5 Å². The second kappa shape index (κ2) is 5.11. The van der Waals surface area contributed by atoms with E-state index in [-0.39, 0.29) is 11.9 Å². The lowest BCUT2D eigenvalue weighted by molar-refractivity contribution is -0.117. The molecule has 0 saturated carbocycles. The first kappa shape index (κ1) is 13.1. The lowest BCUT2D eigenvalue weighted by Crippen LogP contribution is -2.30. The lowest BCUT2D eigenvalue weighted by atomic mass is 10.0. The molecule has 1 heterocycles. The van der Waals surface area contributed by atoms with E-state index in [0.29, 0.717) is 12.3 Å². The summed E-state index contributed by atoms with van der Waals surface area (Å²) < 4.78 is 0. The van der Waals surface area contributed by atoms with Gasteiger partial charge < -0.3 is 10.2 Å². The van der Waals surface area contributed by atoms with Gasteiger partial charge in [0.25, 0.3) is 0 Å². The summed E-state index contributed by atoms with van der Waals surface area (Å²) in [6, 6.07) is 6.71. The topological polar surface area (TPSA) is 32.3 Å². The highest BCUT2D eigenvalue weighted by molar-refractivity contribution is 5.97.